The van der Waals surface area contributed by atoms with Gasteiger partial charge in [-0.05, 0) is 31.0 Å². The maximum Gasteiger partial charge on any atom is 0.328 e. The minimum absolute atomic E-state index is 0.124. The molecule has 3 heterocycles. The predicted octanol–water partition coefficient (Wildman–Crippen LogP) is 0.767. The lowest BCUT2D eigenvalue weighted by molar-refractivity contribution is -0.122. The zero-order valence-electron chi connectivity index (χ0n) is 16.1. The smallest absolute Gasteiger partial charge is 0.328 e. The van der Waals surface area contributed by atoms with Crippen LogP contribution in [0.4, 0.5) is 0 Å². The molecule has 0 aliphatic carbocycles. The van der Waals surface area contributed by atoms with Gasteiger partial charge in [0.25, 0.3) is 5.56 Å². The molecule has 1 amide bonds. The molecule has 0 radical (unpaired) electrons. The van der Waals surface area contributed by atoms with E-state index in [2.05, 4.69) is 15.3 Å². The van der Waals surface area contributed by atoms with E-state index in [4.69, 9.17) is 4.74 Å². The second-order valence-corrected chi connectivity index (χ2v) is 7.36. The number of aromatic amines is 1. The number of nitrogens with one attached hydrogen (secondary N) is 2. The topological polar surface area (TPSA) is 106 Å². The Morgan fingerprint density at radius 1 is 1.28 bits per heavy atom. The molecule has 3 aromatic rings. The quantitative estimate of drug-likeness (QED) is 0.665. The summed E-state index contributed by atoms with van der Waals surface area (Å²) in [5, 5.41) is 4.08. The second-order valence-electron chi connectivity index (χ2n) is 7.36. The minimum Gasteiger partial charge on any atom is -0.379 e. The highest BCUT2D eigenvalue weighted by molar-refractivity contribution is 5.82. The van der Waals surface area contributed by atoms with E-state index in [1.165, 1.54) is 10.8 Å². The molecule has 1 saturated heterocycles. The van der Waals surface area contributed by atoms with E-state index in [0.717, 1.165) is 22.9 Å². The summed E-state index contributed by atoms with van der Waals surface area (Å²) >= 11 is 0. The number of carbonyl (C=O) groups is 1. The maximum absolute atomic E-state index is 12.5. The van der Waals surface area contributed by atoms with Gasteiger partial charge in [-0.3, -0.25) is 24.1 Å². The molecular weight excluding hydrogens is 372 g/mol. The third-order valence-electron chi connectivity index (χ3n) is 5.27. The summed E-state index contributed by atoms with van der Waals surface area (Å²) < 4.78 is 6.82. The van der Waals surface area contributed by atoms with Gasteiger partial charge in [0.2, 0.25) is 5.91 Å². The third-order valence-corrected chi connectivity index (χ3v) is 5.27. The predicted molar refractivity (Wildman–Crippen MR) is 108 cm³/mol. The van der Waals surface area contributed by atoms with E-state index in [-0.39, 0.29) is 24.4 Å². The Labute approximate surface area is 166 Å². The van der Waals surface area contributed by atoms with E-state index in [0.29, 0.717) is 18.8 Å². The van der Waals surface area contributed by atoms with Crippen LogP contribution in [-0.2, 0) is 22.5 Å². The molecule has 8 nitrogen and oxygen atoms in total. The summed E-state index contributed by atoms with van der Waals surface area (Å²) in [5.74, 6) is -0.169. The molecule has 0 unspecified atom stereocenters. The molecule has 0 saturated carbocycles. The molecule has 2 N–H and O–H groups in total. The van der Waals surface area contributed by atoms with Crippen molar-refractivity contribution in [2.75, 3.05) is 13.2 Å². The summed E-state index contributed by atoms with van der Waals surface area (Å²) in [6.07, 6.45) is 3.95. The van der Waals surface area contributed by atoms with Crippen molar-refractivity contribution in [1.29, 1.82) is 0 Å². The van der Waals surface area contributed by atoms with Crippen LogP contribution in [0.25, 0.3) is 10.9 Å². The van der Waals surface area contributed by atoms with E-state index in [1.54, 1.807) is 13.1 Å². The first kappa shape index (κ1) is 19.1. The van der Waals surface area contributed by atoms with Crippen molar-refractivity contribution in [2.24, 2.45) is 5.92 Å². The lowest BCUT2D eigenvalue weighted by Gasteiger charge is -2.20. The minimum atomic E-state index is -0.599. The monoisotopic (exact) mass is 394 g/mol. The molecule has 2 atom stereocenters. The highest BCUT2D eigenvalue weighted by Crippen LogP contribution is 2.24. The van der Waals surface area contributed by atoms with Crippen molar-refractivity contribution in [3.8, 4) is 0 Å². The molecule has 0 spiro atoms. The van der Waals surface area contributed by atoms with E-state index in [1.807, 2.05) is 30.3 Å². The number of pyridine rings is 1. The van der Waals surface area contributed by atoms with E-state index in [9.17, 15) is 14.4 Å². The fourth-order valence-corrected chi connectivity index (χ4v) is 3.72. The number of ether oxygens (including phenoxy) is 1. The summed E-state index contributed by atoms with van der Waals surface area (Å²) in [7, 11) is 0. The Morgan fingerprint density at radius 2 is 2.10 bits per heavy atom. The Morgan fingerprint density at radius 3 is 2.97 bits per heavy atom. The van der Waals surface area contributed by atoms with Crippen molar-refractivity contribution in [3.05, 3.63) is 74.7 Å². The van der Waals surface area contributed by atoms with Crippen molar-refractivity contribution in [3.63, 3.8) is 0 Å². The number of hydrogen-bond donors (Lipinski definition) is 2. The van der Waals surface area contributed by atoms with Crippen molar-refractivity contribution < 1.29 is 9.53 Å². The van der Waals surface area contributed by atoms with Crippen LogP contribution in [-0.4, -0.2) is 39.7 Å². The first-order valence-corrected chi connectivity index (χ1v) is 9.51. The zero-order valence-corrected chi connectivity index (χ0v) is 16.1. The molecule has 8 heteroatoms. The Kier molecular flexibility index (Phi) is 5.26. The number of nitrogens with zero attached hydrogens (tertiary/aromatic N) is 2. The van der Waals surface area contributed by atoms with E-state index >= 15 is 0 Å². The summed E-state index contributed by atoms with van der Waals surface area (Å²) in [6.45, 7) is 2.42. The van der Waals surface area contributed by atoms with Gasteiger partial charge in [-0.1, -0.05) is 18.2 Å². The third kappa shape index (κ3) is 4.12. The molecule has 4 rings (SSSR count). The number of H-pyrrole nitrogens is 1. The van der Waals surface area contributed by atoms with Crippen LogP contribution in [0.15, 0.2) is 52.3 Å². The van der Waals surface area contributed by atoms with Gasteiger partial charge in [0.15, 0.2) is 0 Å². The first-order valence-electron chi connectivity index (χ1n) is 9.51. The molecule has 1 aromatic carbocycles. The Hall–Kier alpha value is -3.26. The largest absolute Gasteiger partial charge is 0.379 e. The maximum atomic E-state index is 12.5. The van der Waals surface area contributed by atoms with Crippen LogP contribution >= 0.6 is 0 Å². The fraction of sp³-hybridized carbons (Fsp3) is 0.333. The number of fused-ring (bicyclic) bond motifs is 1. The molecule has 150 valence electrons. The van der Waals surface area contributed by atoms with E-state index < -0.39 is 11.2 Å². The number of aromatic nitrogens is 3. The number of rotatable bonds is 5. The van der Waals surface area contributed by atoms with Gasteiger partial charge in [0, 0.05) is 29.3 Å². The normalized spacial score (nSPS) is 18.8. The van der Waals surface area contributed by atoms with Gasteiger partial charge in [0.05, 0.1) is 24.8 Å². The first-order chi connectivity index (χ1) is 14.0. The molecule has 1 aliphatic heterocycles. The summed E-state index contributed by atoms with van der Waals surface area (Å²) in [5.41, 5.74) is 1.44. The molecule has 1 aliphatic rings. The van der Waals surface area contributed by atoms with Crippen LogP contribution in [0.1, 0.15) is 11.1 Å². The van der Waals surface area contributed by atoms with Gasteiger partial charge < -0.3 is 10.1 Å². The van der Waals surface area contributed by atoms with Crippen LogP contribution in [0.3, 0.4) is 0 Å². The molecule has 2 aromatic heterocycles. The highest BCUT2D eigenvalue weighted by Gasteiger charge is 2.30. The number of carbonyl (C=O) groups excluding carboxylic acids is 1. The van der Waals surface area contributed by atoms with Crippen LogP contribution in [0.2, 0.25) is 0 Å². The average Bonchev–Trinajstić information content (AvgIpc) is 3.13. The lowest BCUT2D eigenvalue weighted by atomic mass is 9.93. The number of aryl methyl sites for hydroxylation is 1. The number of benzene rings is 1. The standard InChI is InChI=1S/C21H22N4O4/c1-13-9-25(21(28)24-20(13)27)10-19(26)23-18-12-29-11-15(18)8-14-6-7-22-17-5-3-2-4-16(14)17/h2-7,9,15,18H,8,10-12H2,1H3,(H,23,26)(H,24,27,28)/t15-,18-/m1/s1. The molecular formula is C21H22N4O4. The van der Waals surface area contributed by atoms with Crippen LogP contribution < -0.4 is 16.6 Å². The van der Waals surface area contributed by atoms with Crippen molar-refractivity contribution in [2.45, 2.75) is 25.9 Å². The van der Waals surface area contributed by atoms with Crippen LogP contribution in [0.5, 0.6) is 0 Å². The van der Waals surface area contributed by atoms with Crippen LogP contribution in [0, 0.1) is 12.8 Å². The zero-order chi connectivity index (χ0) is 20.4. The average molecular weight is 394 g/mol. The van der Waals surface area contributed by atoms with Gasteiger partial charge in [-0.25, -0.2) is 4.79 Å². The number of hydrogen-bond acceptors (Lipinski definition) is 5. The van der Waals surface area contributed by atoms with Gasteiger partial charge in [-0.15, -0.1) is 0 Å². The highest BCUT2D eigenvalue weighted by atomic mass is 16.5. The number of amides is 1. The summed E-state index contributed by atoms with van der Waals surface area (Å²) in [4.78, 5) is 42.5. The van der Waals surface area contributed by atoms with Crippen molar-refractivity contribution >= 4 is 16.8 Å². The number of para-hydroxylation sites is 1. The lowest BCUT2D eigenvalue weighted by Crippen LogP contribution is -2.44. The summed E-state index contributed by atoms with van der Waals surface area (Å²) in [6, 6.07) is 9.83. The van der Waals surface area contributed by atoms with Gasteiger partial charge >= 0.3 is 5.69 Å². The Balaban J connectivity index is 1.46. The van der Waals surface area contributed by atoms with Gasteiger partial charge in [0.1, 0.15) is 6.54 Å². The molecule has 0 bridgehead atoms. The fourth-order valence-electron chi connectivity index (χ4n) is 3.72. The van der Waals surface area contributed by atoms with Gasteiger partial charge in [-0.2, -0.15) is 0 Å². The SMILES string of the molecule is Cc1cn(CC(=O)N[C@@H]2COC[C@H]2Cc2ccnc3ccccc23)c(=O)[nH]c1=O. The molecule has 1 fully saturated rings. The second kappa shape index (κ2) is 8.00. The van der Waals surface area contributed by atoms with Crippen molar-refractivity contribution in [1.82, 2.24) is 19.9 Å². The molecule has 29 heavy (non-hydrogen) atoms. The Bertz CT molecular complexity index is 1160.